The van der Waals surface area contributed by atoms with Gasteiger partial charge in [0, 0.05) is 30.6 Å². The van der Waals surface area contributed by atoms with E-state index in [0.717, 1.165) is 77.4 Å². The van der Waals surface area contributed by atoms with Crippen LogP contribution in [0.4, 0.5) is 0 Å². The molecule has 1 atom stereocenters. The predicted molar refractivity (Wildman–Crippen MR) is 190 cm³/mol. The fourth-order valence-electron chi connectivity index (χ4n) is 7.57. The fourth-order valence-corrected chi connectivity index (χ4v) is 9.07. The van der Waals surface area contributed by atoms with E-state index < -0.39 is 10.0 Å². The summed E-state index contributed by atoms with van der Waals surface area (Å²) in [5, 5.41) is 1.99. The molecule has 1 aliphatic heterocycles. The van der Waals surface area contributed by atoms with Gasteiger partial charge in [-0.15, -0.1) is 0 Å². The maximum atomic E-state index is 14.3. The molecule has 47 heavy (non-hydrogen) atoms. The van der Waals surface area contributed by atoms with E-state index in [1.807, 2.05) is 36.4 Å². The van der Waals surface area contributed by atoms with Crippen LogP contribution < -0.4 is 17.0 Å². The minimum atomic E-state index is -3.71. The van der Waals surface area contributed by atoms with Gasteiger partial charge < -0.3 is 21.5 Å². The molecule has 1 heterocycles. The van der Waals surface area contributed by atoms with Gasteiger partial charge in [-0.2, -0.15) is 4.31 Å². The standard InChI is InChI=1S/C41H47N2O2S.BrH/c1-31-21-32(2)24-35(23-31)28-42(46(44,45)41-16-15-37-11-5-7-13-39(37)27-41)18-9-10-19-43(29-36-25-33(3)22-34(4)26-36)20-17-38-12-6-8-14-40(38)30-43;/h5-8,11-16,21-27H,9-10,17-20,28-30H2,1-4H3;1H/q+1;/p-1. The molecule has 0 radical (unpaired) electrons. The van der Waals surface area contributed by atoms with E-state index in [1.54, 1.807) is 10.4 Å². The highest BCUT2D eigenvalue weighted by molar-refractivity contribution is 7.89. The minimum Gasteiger partial charge on any atom is -1.00 e. The first kappa shape index (κ1) is 35.0. The molecule has 6 heteroatoms. The highest BCUT2D eigenvalue weighted by Crippen LogP contribution is 2.30. The molecule has 5 aromatic rings. The summed E-state index contributed by atoms with van der Waals surface area (Å²) >= 11 is 0. The van der Waals surface area contributed by atoms with Gasteiger partial charge in [0.25, 0.3) is 0 Å². The number of sulfonamides is 1. The Kier molecular flexibility index (Phi) is 11.1. The van der Waals surface area contributed by atoms with Crippen molar-refractivity contribution in [2.45, 2.75) is 71.5 Å². The molecular weight excluding hydrogens is 664 g/mol. The van der Waals surface area contributed by atoms with Crippen LogP contribution in [0.15, 0.2) is 108 Å². The Labute approximate surface area is 292 Å². The van der Waals surface area contributed by atoms with Gasteiger partial charge in [0.15, 0.2) is 0 Å². The highest BCUT2D eigenvalue weighted by atomic mass is 79.9. The molecule has 0 saturated carbocycles. The number of hydrogen-bond donors (Lipinski definition) is 0. The van der Waals surface area contributed by atoms with E-state index in [1.165, 1.54) is 27.8 Å². The van der Waals surface area contributed by atoms with Gasteiger partial charge >= 0.3 is 0 Å². The number of fused-ring (bicyclic) bond motifs is 2. The Balaban J connectivity index is 0.00000433. The lowest BCUT2D eigenvalue weighted by Gasteiger charge is -2.42. The van der Waals surface area contributed by atoms with E-state index in [0.29, 0.717) is 18.0 Å². The van der Waals surface area contributed by atoms with Crippen molar-refractivity contribution in [1.82, 2.24) is 4.31 Å². The first-order valence-electron chi connectivity index (χ1n) is 16.6. The van der Waals surface area contributed by atoms with Crippen molar-refractivity contribution in [3.8, 4) is 0 Å². The molecule has 1 unspecified atom stereocenters. The van der Waals surface area contributed by atoms with Crippen molar-refractivity contribution in [3.63, 3.8) is 0 Å². The van der Waals surface area contributed by atoms with Gasteiger partial charge in [0.1, 0.15) is 13.1 Å². The van der Waals surface area contributed by atoms with Gasteiger partial charge in [0.2, 0.25) is 10.0 Å². The van der Waals surface area contributed by atoms with Gasteiger partial charge in [-0.3, -0.25) is 0 Å². The smallest absolute Gasteiger partial charge is 0.243 e. The molecular formula is C41H47BrN2O2S. The molecule has 0 N–H and O–H groups in total. The van der Waals surface area contributed by atoms with E-state index in [2.05, 4.69) is 88.4 Å². The molecule has 6 rings (SSSR count). The number of unbranched alkanes of at least 4 members (excludes halogenated alkanes) is 1. The van der Waals surface area contributed by atoms with Crippen LogP contribution in [0, 0.1) is 27.7 Å². The second-order valence-corrected chi connectivity index (χ2v) is 15.6. The van der Waals surface area contributed by atoms with Crippen LogP contribution >= 0.6 is 0 Å². The van der Waals surface area contributed by atoms with Gasteiger partial charge in [-0.05, 0) is 74.6 Å². The van der Waals surface area contributed by atoms with E-state index >= 15 is 0 Å². The second-order valence-electron chi connectivity index (χ2n) is 13.7. The van der Waals surface area contributed by atoms with E-state index in [-0.39, 0.29) is 17.0 Å². The molecule has 0 bridgehead atoms. The van der Waals surface area contributed by atoms with Crippen molar-refractivity contribution in [2.24, 2.45) is 0 Å². The summed E-state index contributed by atoms with van der Waals surface area (Å²) in [6.45, 7) is 13.5. The Morgan fingerprint density at radius 3 is 1.94 bits per heavy atom. The molecule has 0 saturated heterocycles. The number of nitrogens with zero attached hydrogens (tertiary/aromatic N) is 2. The van der Waals surface area contributed by atoms with Gasteiger partial charge in [-0.25, -0.2) is 8.42 Å². The number of quaternary nitrogens is 1. The first-order chi connectivity index (χ1) is 22.1. The molecule has 5 aromatic carbocycles. The largest absolute Gasteiger partial charge is 1.00 e. The Morgan fingerprint density at radius 1 is 0.660 bits per heavy atom. The first-order valence-corrected chi connectivity index (χ1v) is 18.1. The van der Waals surface area contributed by atoms with Crippen LogP contribution in [0.2, 0.25) is 0 Å². The topological polar surface area (TPSA) is 37.4 Å². The van der Waals surface area contributed by atoms with Crippen LogP contribution in [-0.4, -0.2) is 36.8 Å². The number of hydrogen-bond acceptors (Lipinski definition) is 2. The lowest BCUT2D eigenvalue weighted by atomic mass is 9.95. The second kappa shape index (κ2) is 14.9. The Morgan fingerprint density at radius 2 is 1.26 bits per heavy atom. The number of rotatable bonds is 11. The summed E-state index contributed by atoms with van der Waals surface area (Å²) < 4.78 is 31.3. The Hall–Kier alpha value is -3.29. The summed E-state index contributed by atoms with van der Waals surface area (Å²) in [6.07, 6.45) is 2.85. The van der Waals surface area contributed by atoms with Crippen LogP contribution in [-0.2, 0) is 36.1 Å². The van der Waals surface area contributed by atoms with Crippen molar-refractivity contribution in [3.05, 3.63) is 148 Å². The van der Waals surface area contributed by atoms with Crippen molar-refractivity contribution in [2.75, 3.05) is 19.6 Å². The summed E-state index contributed by atoms with van der Waals surface area (Å²) in [5.74, 6) is 0. The summed E-state index contributed by atoms with van der Waals surface area (Å²) in [5.41, 5.74) is 10.3. The lowest BCUT2D eigenvalue weighted by molar-refractivity contribution is -0.955. The monoisotopic (exact) mass is 710 g/mol. The van der Waals surface area contributed by atoms with Crippen molar-refractivity contribution < 1.29 is 29.9 Å². The Bertz CT molecular complexity index is 1930. The SMILES string of the molecule is Cc1cc(C)cc(CN(CCCC[N+]2(Cc3cc(C)cc(C)c3)CCc3ccccc3C2)S(=O)(=O)c2ccc3ccccc3c2)c1.[Br-]. The molecule has 0 aliphatic carbocycles. The molecule has 1 aliphatic rings. The molecule has 0 fully saturated rings. The van der Waals surface area contributed by atoms with Gasteiger partial charge in [-0.1, -0.05) is 113 Å². The van der Waals surface area contributed by atoms with E-state index in [9.17, 15) is 8.42 Å². The zero-order chi connectivity index (χ0) is 32.3. The van der Waals surface area contributed by atoms with Crippen LogP contribution in [0.5, 0.6) is 0 Å². The van der Waals surface area contributed by atoms with Crippen molar-refractivity contribution in [1.29, 1.82) is 0 Å². The average Bonchev–Trinajstić information content (AvgIpc) is 3.01. The minimum absolute atomic E-state index is 0. The summed E-state index contributed by atoms with van der Waals surface area (Å²) in [7, 11) is -3.71. The molecule has 0 aromatic heterocycles. The van der Waals surface area contributed by atoms with Crippen LogP contribution in [0.1, 0.15) is 57.3 Å². The normalized spacial score (nSPS) is 16.2. The molecule has 4 nitrogen and oxygen atoms in total. The third-order valence-corrected chi connectivity index (χ3v) is 11.4. The van der Waals surface area contributed by atoms with Gasteiger partial charge in [0.05, 0.1) is 18.0 Å². The quantitative estimate of drug-likeness (QED) is 0.128. The number of aryl methyl sites for hydroxylation is 4. The zero-order valence-electron chi connectivity index (χ0n) is 28.2. The third kappa shape index (κ3) is 8.42. The maximum Gasteiger partial charge on any atom is 0.243 e. The molecule has 0 spiro atoms. The molecule has 0 amide bonds. The fraction of sp³-hybridized carbons (Fsp3) is 0.317. The lowest BCUT2D eigenvalue weighted by Crippen LogP contribution is -3.00. The van der Waals surface area contributed by atoms with E-state index in [4.69, 9.17) is 0 Å². The number of halogens is 1. The summed E-state index contributed by atoms with van der Waals surface area (Å²) in [4.78, 5) is 0.363. The number of benzene rings is 5. The third-order valence-electron chi connectivity index (χ3n) is 9.57. The molecule has 246 valence electrons. The highest BCUT2D eigenvalue weighted by Gasteiger charge is 2.33. The van der Waals surface area contributed by atoms with Crippen LogP contribution in [0.25, 0.3) is 10.8 Å². The van der Waals surface area contributed by atoms with Crippen molar-refractivity contribution >= 4 is 20.8 Å². The van der Waals surface area contributed by atoms with Crippen LogP contribution in [0.3, 0.4) is 0 Å². The zero-order valence-corrected chi connectivity index (χ0v) is 30.6. The average molecular weight is 712 g/mol. The maximum absolute atomic E-state index is 14.3. The predicted octanol–water partition coefficient (Wildman–Crippen LogP) is 5.82. The summed E-state index contributed by atoms with van der Waals surface area (Å²) in [6, 6.07) is 35.7.